The molecular formula is C14H14N4O2. The zero-order valence-corrected chi connectivity index (χ0v) is 11.5. The molecule has 20 heavy (non-hydrogen) atoms. The molecule has 0 radical (unpaired) electrons. The quantitative estimate of drug-likeness (QED) is 0.705. The Hall–Kier alpha value is -2.63. The Bertz CT molecular complexity index is 848. The van der Waals surface area contributed by atoms with Gasteiger partial charge in [-0.15, -0.1) is 0 Å². The maximum atomic E-state index is 12.3. The van der Waals surface area contributed by atoms with Gasteiger partial charge in [0, 0.05) is 19.7 Å². The van der Waals surface area contributed by atoms with Gasteiger partial charge < -0.3 is 4.74 Å². The van der Waals surface area contributed by atoms with E-state index in [0.717, 1.165) is 5.56 Å². The lowest BCUT2D eigenvalue weighted by Gasteiger charge is -2.05. The molecular weight excluding hydrogens is 256 g/mol. The zero-order chi connectivity index (χ0) is 14.3. The van der Waals surface area contributed by atoms with Crippen molar-refractivity contribution in [1.82, 2.24) is 19.6 Å². The van der Waals surface area contributed by atoms with E-state index < -0.39 is 0 Å². The molecule has 0 aliphatic heterocycles. The number of aromatic nitrogens is 4. The first-order chi connectivity index (χ1) is 9.63. The molecule has 0 atom stereocenters. The molecule has 0 N–H and O–H groups in total. The van der Waals surface area contributed by atoms with Crippen LogP contribution in [0, 0.1) is 0 Å². The molecule has 0 aliphatic rings. The van der Waals surface area contributed by atoms with E-state index in [1.54, 1.807) is 32.1 Å². The van der Waals surface area contributed by atoms with Crippen molar-refractivity contribution < 1.29 is 4.74 Å². The third-order valence-electron chi connectivity index (χ3n) is 3.31. The van der Waals surface area contributed by atoms with Crippen molar-refractivity contribution >= 4 is 10.9 Å². The van der Waals surface area contributed by atoms with Crippen molar-refractivity contribution in [2.45, 2.75) is 0 Å². The summed E-state index contributed by atoms with van der Waals surface area (Å²) in [7, 11) is 5.02. The Labute approximate surface area is 115 Å². The fourth-order valence-corrected chi connectivity index (χ4v) is 2.28. The van der Waals surface area contributed by atoms with Gasteiger partial charge in [0.25, 0.3) is 5.56 Å². The van der Waals surface area contributed by atoms with E-state index in [2.05, 4.69) is 10.2 Å². The summed E-state index contributed by atoms with van der Waals surface area (Å²) in [5, 5.41) is 9.03. The van der Waals surface area contributed by atoms with Gasteiger partial charge >= 0.3 is 0 Å². The minimum Gasteiger partial charge on any atom is -0.496 e. The Kier molecular flexibility index (Phi) is 2.78. The standard InChI is InChI=1S/C14H14N4O2/c1-17-10-8-15-18(2)14(19)12(10)13(16-17)9-6-4-5-7-11(9)20-3/h4-8H,1-3H3. The van der Waals surface area contributed by atoms with Crippen molar-refractivity contribution in [3.63, 3.8) is 0 Å². The van der Waals surface area contributed by atoms with Gasteiger partial charge in [0.15, 0.2) is 0 Å². The van der Waals surface area contributed by atoms with Crippen LogP contribution in [0.2, 0.25) is 0 Å². The van der Waals surface area contributed by atoms with Crippen molar-refractivity contribution in [2.24, 2.45) is 14.1 Å². The lowest BCUT2D eigenvalue weighted by atomic mass is 10.1. The minimum absolute atomic E-state index is 0.170. The van der Waals surface area contributed by atoms with Gasteiger partial charge in [-0.1, -0.05) is 12.1 Å². The highest BCUT2D eigenvalue weighted by Gasteiger charge is 2.18. The van der Waals surface area contributed by atoms with Crippen molar-refractivity contribution in [1.29, 1.82) is 0 Å². The number of ether oxygens (including phenoxy) is 1. The van der Waals surface area contributed by atoms with E-state index in [1.807, 2.05) is 24.3 Å². The summed E-state index contributed by atoms with van der Waals surface area (Å²) >= 11 is 0. The molecule has 2 heterocycles. The smallest absolute Gasteiger partial charge is 0.278 e. The SMILES string of the molecule is COc1ccccc1-c1nn(C)c2cnn(C)c(=O)c12. The largest absolute Gasteiger partial charge is 0.496 e. The van der Waals surface area contributed by atoms with Crippen molar-refractivity contribution in [2.75, 3.05) is 7.11 Å². The first-order valence-electron chi connectivity index (χ1n) is 6.16. The van der Waals surface area contributed by atoms with Crippen LogP contribution in [-0.2, 0) is 14.1 Å². The Morgan fingerprint density at radius 2 is 1.90 bits per heavy atom. The van der Waals surface area contributed by atoms with E-state index in [9.17, 15) is 4.79 Å². The average molecular weight is 270 g/mol. The Balaban J connectivity index is 2.43. The monoisotopic (exact) mass is 270 g/mol. The third kappa shape index (κ3) is 1.69. The van der Waals surface area contributed by atoms with Crippen LogP contribution < -0.4 is 10.3 Å². The van der Waals surface area contributed by atoms with E-state index in [1.165, 1.54) is 4.68 Å². The molecule has 0 unspecified atom stereocenters. The van der Waals surface area contributed by atoms with Crippen LogP contribution in [0.25, 0.3) is 22.2 Å². The van der Waals surface area contributed by atoms with Gasteiger partial charge in [-0.05, 0) is 12.1 Å². The van der Waals surface area contributed by atoms with Gasteiger partial charge in [-0.2, -0.15) is 10.2 Å². The molecule has 0 spiro atoms. The minimum atomic E-state index is -0.170. The maximum Gasteiger partial charge on any atom is 0.278 e. The predicted molar refractivity (Wildman–Crippen MR) is 75.7 cm³/mol. The molecule has 0 saturated heterocycles. The van der Waals surface area contributed by atoms with E-state index in [0.29, 0.717) is 22.3 Å². The Morgan fingerprint density at radius 1 is 1.15 bits per heavy atom. The van der Waals surface area contributed by atoms with Crippen LogP contribution in [0.5, 0.6) is 5.75 Å². The predicted octanol–water partition coefficient (Wildman–Crippen LogP) is 1.34. The first kappa shape index (κ1) is 12.4. The van der Waals surface area contributed by atoms with Crippen LogP contribution in [0.15, 0.2) is 35.3 Å². The molecule has 3 rings (SSSR count). The molecule has 6 heteroatoms. The number of rotatable bonds is 2. The maximum absolute atomic E-state index is 12.3. The molecule has 0 bridgehead atoms. The summed E-state index contributed by atoms with van der Waals surface area (Å²) in [5.41, 5.74) is 1.94. The summed E-state index contributed by atoms with van der Waals surface area (Å²) in [6.45, 7) is 0. The zero-order valence-electron chi connectivity index (χ0n) is 11.5. The number of hydrogen-bond donors (Lipinski definition) is 0. The highest BCUT2D eigenvalue weighted by molar-refractivity contribution is 5.93. The molecule has 0 saturated carbocycles. The second-order valence-electron chi connectivity index (χ2n) is 4.51. The van der Waals surface area contributed by atoms with Crippen molar-refractivity contribution in [3.8, 4) is 17.0 Å². The van der Waals surface area contributed by atoms with Gasteiger partial charge in [-0.25, -0.2) is 4.68 Å². The third-order valence-corrected chi connectivity index (χ3v) is 3.31. The van der Waals surface area contributed by atoms with Crippen LogP contribution >= 0.6 is 0 Å². The fourth-order valence-electron chi connectivity index (χ4n) is 2.28. The summed E-state index contributed by atoms with van der Waals surface area (Å²) < 4.78 is 8.32. The van der Waals surface area contributed by atoms with Crippen molar-refractivity contribution in [3.05, 3.63) is 40.8 Å². The number of hydrogen-bond acceptors (Lipinski definition) is 4. The Morgan fingerprint density at radius 3 is 2.65 bits per heavy atom. The molecule has 0 amide bonds. The molecule has 2 aromatic heterocycles. The molecule has 3 aromatic rings. The van der Waals surface area contributed by atoms with E-state index >= 15 is 0 Å². The van der Waals surface area contributed by atoms with Gasteiger partial charge in [0.05, 0.1) is 24.2 Å². The summed E-state index contributed by atoms with van der Waals surface area (Å²) in [4.78, 5) is 12.3. The van der Waals surface area contributed by atoms with Gasteiger partial charge in [0.1, 0.15) is 11.4 Å². The number of aryl methyl sites for hydroxylation is 2. The van der Waals surface area contributed by atoms with Crippen LogP contribution in [0.1, 0.15) is 0 Å². The fraction of sp³-hybridized carbons (Fsp3) is 0.214. The number of nitrogens with zero attached hydrogens (tertiary/aromatic N) is 4. The van der Waals surface area contributed by atoms with Gasteiger partial charge in [0.2, 0.25) is 0 Å². The highest BCUT2D eigenvalue weighted by Crippen LogP contribution is 2.31. The summed E-state index contributed by atoms with van der Waals surface area (Å²) in [6, 6.07) is 7.51. The molecule has 1 aromatic carbocycles. The average Bonchev–Trinajstić information content (AvgIpc) is 2.80. The van der Waals surface area contributed by atoms with Crippen LogP contribution in [-0.4, -0.2) is 26.7 Å². The topological polar surface area (TPSA) is 61.9 Å². The highest BCUT2D eigenvalue weighted by atomic mass is 16.5. The first-order valence-corrected chi connectivity index (χ1v) is 6.16. The second-order valence-corrected chi connectivity index (χ2v) is 4.51. The van der Waals surface area contributed by atoms with Crippen LogP contribution in [0.4, 0.5) is 0 Å². The number of para-hydroxylation sites is 1. The molecule has 0 fully saturated rings. The lowest BCUT2D eigenvalue weighted by molar-refractivity contribution is 0.416. The van der Waals surface area contributed by atoms with Gasteiger partial charge in [-0.3, -0.25) is 9.48 Å². The molecule has 102 valence electrons. The molecule has 6 nitrogen and oxygen atoms in total. The summed E-state index contributed by atoms with van der Waals surface area (Å²) in [5.74, 6) is 0.686. The van der Waals surface area contributed by atoms with E-state index in [-0.39, 0.29) is 5.56 Å². The van der Waals surface area contributed by atoms with E-state index in [4.69, 9.17) is 4.74 Å². The van der Waals surface area contributed by atoms with Crippen LogP contribution in [0.3, 0.4) is 0 Å². The normalized spacial score (nSPS) is 10.9. The number of fused-ring (bicyclic) bond motifs is 1. The second kappa shape index (κ2) is 4.48. The number of methoxy groups -OCH3 is 1. The lowest BCUT2D eigenvalue weighted by Crippen LogP contribution is -2.19. The number of benzene rings is 1. The summed E-state index contributed by atoms with van der Waals surface area (Å²) in [6.07, 6.45) is 1.64. The molecule has 0 aliphatic carbocycles.